The molecule has 1 aromatic carbocycles. The van der Waals surface area contributed by atoms with Crippen molar-refractivity contribution in [3.05, 3.63) is 35.9 Å². The first-order valence-electron chi connectivity index (χ1n) is 9.03. The number of likely N-dealkylation sites (tertiary alicyclic amines) is 1. The van der Waals surface area contributed by atoms with Gasteiger partial charge in [-0.2, -0.15) is 0 Å². The Morgan fingerprint density at radius 3 is 2.62 bits per heavy atom. The molecule has 1 heterocycles. The number of ketones is 1. The number of β-lactam (4-membered cyclic amide) rings is 1. The first kappa shape index (κ1) is 18.6. The Labute approximate surface area is 153 Å². The fourth-order valence-corrected chi connectivity index (χ4v) is 4.01. The Morgan fingerprint density at radius 1 is 1.23 bits per heavy atom. The number of Topliss-reactive ketones (excluding diaryl/α,β-unsaturated/α-hetero) is 1. The lowest BCUT2D eigenvalue weighted by Gasteiger charge is -2.54. The minimum absolute atomic E-state index is 0.143. The molecule has 1 aliphatic carbocycles. The molecule has 0 unspecified atom stereocenters. The van der Waals surface area contributed by atoms with Crippen molar-refractivity contribution in [2.24, 2.45) is 5.41 Å². The summed E-state index contributed by atoms with van der Waals surface area (Å²) in [4.78, 5) is 38.5. The maximum Gasteiger partial charge on any atom is 0.325 e. The van der Waals surface area contributed by atoms with Crippen LogP contribution in [0.15, 0.2) is 30.3 Å². The summed E-state index contributed by atoms with van der Waals surface area (Å²) < 4.78 is 10.6. The molecule has 3 atom stereocenters. The highest BCUT2D eigenvalue weighted by molar-refractivity contribution is 5.96. The molecule has 1 saturated carbocycles. The minimum atomic E-state index is -0.702. The summed E-state index contributed by atoms with van der Waals surface area (Å²) in [6.07, 6.45) is 2.32. The van der Waals surface area contributed by atoms with Gasteiger partial charge in [-0.1, -0.05) is 43.7 Å². The third-order valence-electron chi connectivity index (χ3n) is 5.59. The van der Waals surface area contributed by atoms with Crippen LogP contribution in [0, 0.1) is 5.41 Å². The average Bonchev–Trinajstić information content (AvgIpc) is 2.66. The minimum Gasteiger partial charge on any atom is -0.468 e. The third-order valence-corrected chi connectivity index (χ3v) is 5.59. The van der Waals surface area contributed by atoms with Gasteiger partial charge in [-0.05, 0) is 18.4 Å². The number of ether oxygens (including phenoxy) is 2. The van der Waals surface area contributed by atoms with E-state index in [9.17, 15) is 14.4 Å². The van der Waals surface area contributed by atoms with Gasteiger partial charge in [0.15, 0.2) is 6.10 Å². The van der Waals surface area contributed by atoms with E-state index in [1.807, 2.05) is 37.3 Å². The van der Waals surface area contributed by atoms with Crippen molar-refractivity contribution in [3.8, 4) is 0 Å². The lowest BCUT2D eigenvalue weighted by molar-refractivity contribution is -0.194. The molecule has 0 aromatic heterocycles. The van der Waals surface area contributed by atoms with E-state index >= 15 is 0 Å². The van der Waals surface area contributed by atoms with Gasteiger partial charge in [0.05, 0.1) is 19.8 Å². The molecule has 0 N–H and O–H groups in total. The Kier molecular flexibility index (Phi) is 5.41. The van der Waals surface area contributed by atoms with E-state index in [0.29, 0.717) is 19.4 Å². The second-order valence-electron chi connectivity index (χ2n) is 7.25. The van der Waals surface area contributed by atoms with Crippen molar-refractivity contribution in [1.82, 2.24) is 4.90 Å². The maximum atomic E-state index is 12.7. The van der Waals surface area contributed by atoms with Crippen LogP contribution in [0.4, 0.5) is 0 Å². The highest BCUT2D eigenvalue weighted by Gasteiger charge is 2.59. The Bertz CT molecular complexity index is 689. The van der Waals surface area contributed by atoms with Crippen LogP contribution in [-0.2, 0) is 30.5 Å². The summed E-state index contributed by atoms with van der Waals surface area (Å²) in [7, 11) is 1.29. The molecular weight excluding hydrogens is 334 g/mol. The summed E-state index contributed by atoms with van der Waals surface area (Å²) in [5, 5.41) is 0. The normalized spacial score (nSPS) is 28.6. The SMILES string of the molecule is COC(=O)CN1C(=O)[C@H](OCc2ccccc2)[C@@H]1[C@@]1(C)CCCCC1=O. The van der Waals surface area contributed by atoms with Gasteiger partial charge < -0.3 is 14.4 Å². The second-order valence-corrected chi connectivity index (χ2v) is 7.25. The Hall–Kier alpha value is -2.21. The van der Waals surface area contributed by atoms with Gasteiger partial charge in [-0.25, -0.2) is 0 Å². The highest BCUT2D eigenvalue weighted by Crippen LogP contribution is 2.45. The first-order valence-corrected chi connectivity index (χ1v) is 9.03. The standard InChI is InChI=1S/C20H25NO5/c1-20(11-7-6-10-15(20)22)18-17(19(24)21(18)12-16(23)25-2)26-13-14-8-4-3-5-9-14/h3-5,8-9,17-18H,6-7,10-13H2,1-2H3/t17-,18-,20+/m1/s1. The van der Waals surface area contributed by atoms with E-state index in [1.54, 1.807) is 0 Å². The molecule has 3 rings (SSSR count). The zero-order chi connectivity index (χ0) is 18.7. The number of methoxy groups -OCH3 is 1. The van der Waals surface area contributed by atoms with Gasteiger partial charge in [0, 0.05) is 11.8 Å². The summed E-state index contributed by atoms with van der Waals surface area (Å²) >= 11 is 0. The quantitative estimate of drug-likeness (QED) is 0.574. The van der Waals surface area contributed by atoms with Crippen LogP contribution in [0.25, 0.3) is 0 Å². The molecule has 0 spiro atoms. The number of esters is 1. The summed E-state index contributed by atoms with van der Waals surface area (Å²) in [6.45, 7) is 2.05. The van der Waals surface area contributed by atoms with E-state index in [4.69, 9.17) is 9.47 Å². The molecular formula is C20H25NO5. The van der Waals surface area contributed by atoms with Gasteiger partial charge in [-0.15, -0.1) is 0 Å². The number of rotatable bonds is 6. The topological polar surface area (TPSA) is 72.9 Å². The van der Waals surface area contributed by atoms with Crippen LogP contribution in [-0.4, -0.2) is 48.4 Å². The zero-order valence-corrected chi connectivity index (χ0v) is 15.3. The largest absolute Gasteiger partial charge is 0.468 e. The molecule has 6 nitrogen and oxygen atoms in total. The number of carbonyl (C=O) groups is 3. The molecule has 1 aliphatic heterocycles. The van der Waals surface area contributed by atoms with E-state index in [2.05, 4.69) is 0 Å². The Balaban J connectivity index is 1.79. The molecule has 26 heavy (non-hydrogen) atoms. The van der Waals surface area contributed by atoms with Crippen molar-refractivity contribution < 1.29 is 23.9 Å². The van der Waals surface area contributed by atoms with E-state index in [-0.39, 0.29) is 18.2 Å². The molecule has 2 fully saturated rings. The second kappa shape index (κ2) is 7.58. The fourth-order valence-electron chi connectivity index (χ4n) is 4.01. The van der Waals surface area contributed by atoms with Crippen molar-refractivity contribution >= 4 is 17.7 Å². The van der Waals surface area contributed by atoms with Crippen molar-refractivity contribution in [3.63, 3.8) is 0 Å². The van der Waals surface area contributed by atoms with Crippen molar-refractivity contribution in [1.29, 1.82) is 0 Å². The average molecular weight is 359 g/mol. The van der Waals surface area contributed by atoms with Crippen molar-refractivity contribution in [2.45, 2.75) is 51.4 Å². The molecule has 0 radical (unpaired) electrons. The predicted octanol–water partition coefficient (Wildman–Crippen LogP) is 2.10. The van der Waals surface area contributed by atoms with Crippen LogP contribution in [0.2, 0.25) is 0 Å². The summed E-state index contributed by atoms with van der Waals surface area (Å²) in [5.74, 6) is -0.600. The lowest BCUT2D eigenvalue weighted by atomic mass is 9.64. The smallest absolute Gasteiger partial charge is 0.325 e. The van der Waals surface area contributed by atoms with Gasteiger partial charge in [-0.3, -0.25) is 14.4 Å². The number of amides is 1. The van der Waals surface area contributed by atoms with Gasteiger partial charge in [0.1, 0.15) is 12.3 Å². The summed E-state index contributed by atoms with van der Waals surface area (Å²) in [5.41, 5.74) is 0.284. The first-order chi connectivity index (χ1) is 12.5. The molecule has 0 bridgehead atoms. The predicted molar refractivity (Wildman–Crippen MR) is 94.1 cm³/mol. The van der Waals surface area contributed by atoms with Gasteiger partial charge in [0.2, 0.25) is 0 Å². The van der Waals surface area contributed by atoms with Crippen LogP contribution < -0.4 is 0 Å². The number of hydrogen-bond donors (Lipinski definition) is 0. The van der Waals surface area contributed by atoms with Crippen LogP contribution >= 0.6 is 0 Å². The van der Waals surface area contributed by atoms with E-state index in [0.717, 1.165) is 18.4 Å². The number of carbonyl (C=O) groups excluding carboxylic acids is 3. The molecule has 2 aliphatic rings. The van der Waals surface area contributed by atoms with Crippen LogP contribution in [0.3, 0.4) is 0 Å². The molecule has 1 aromatic rings. The molecule has 140 valence electrons. The monoisotopic (exact) mass is 359 g/mol. The van der Waals surface area contributed by atoms with Crippen molar-refractivity contribution in [2.75, 3.05) is 13.7 Å². The number of nitrogens with zero attached hydrogens (tertiary/aromatic N) is 1. The third kappa shape index (κ3) is 3.38. The highest BCUT2D eigenvalue weighted by atomic mass is 16.5. The zero-order valence-electron chi connectivity index (χ0n) is 15.3. The van der Waals surface area contributed by atoms with Crippen LogP contribution in [0.5, 0.6) is 0 Å². The van der Waals surface area contributed by atoms with E-state index in [1.165, 1.54) is 12.0 Å². The molecule has 6 heteroatoms. The Morgan fingerprint density at radius 2 is 1.96 bits per heavy atom. The maximum absolute atomic E-state index is 12.7. The lowest BCUT2D eigenvalue weighted by Crippen LogP contribution is -2.73. The number of benzene rings is 1. The summed E-state index contributed by atoms with van der Waals surface area (Å²) in [6, 6.07) is 9.17. The van der Waals surface area contributed by atoms with Gasteiger partial charge in [0.25, 0.3) is 5.91 Å². The van der Waals surface area contributed by atoms with Gasteiger partial charge >= 0.3 is 5.97 Å². The fraction of sp³-hybridized carbons (Fsp3) is 0.550. The van der Waals surface area contributed by atoms with E-state index < -0.39 is 23.5 Å². The molecule has 1 amide bonds. The number of hydrogen-bond acceptors (Lipinski definition) is 5. The van der Waals surface area contributed by atoms with Crippen LogP contribution in [0.1, 0.15) is 38.2 Å². The molecule has 1 saturated heterocycles.